The van der Waals surface area contributed by atoms with E-state index in [4.69, 9.17) is 4.52 Å². The van der Waals surface area contributed by atoms with Crippen LogP contribution in [0.15, 0.2) is 46.0 Å². The maximum absolute atomic E-state index is 12.6. The molecule has 0 saturated carbocycles. The van der Waals surface area contributed by atoms with Gasteiger partial charge in [-0.05, 0) is 29.5 Å². The summed E-state index contributed by atoms with van der Waals surface area (Å²) in [7, 11) is -8.75. The van der Waals surface area contributed by atoms with Gasteiger partial charge in [0.25, 0.3) is 15.7 Å². The van der Waals surface area contributed by atoms with Crippen LogP contribution >= 0.6 is 18.9 Å². The molecular weight excluding hydrogens is 417 g/mol. The van der Waals surface area contributed by atoms with Crippen molar-refractivity contribution in [3.63, 3.8) is 0 Å². The van der Waals surface area contributed by atoms with Crippen molar-refractivity contribution >= 4 is 34.6 Å². The fourth-order valence-corrected chi connectivity index (χ4v) is 6.45. The molecule has 0 aliphatic rings. The Morgan fingerprint density at radius 2 is 1.81 bits per heavy atom. The lowest BCUT2D eigenvalue weighted by Gasteiger charge is -2.34. The quantitative estimate of drug-likeness (QED) is 0.362. The normalized spacial score (nSPS) is 14.8. The maximum atomic E-state index is 12.6. The number of thiophene rings is 1. The highest BCUT2D eigenvalue weighted by molar-refractivity contribution is 7.91. The van der Waals surface area contributed by atoms with Crippen molar-refractivity contribution in [2.24, 2.45) is 5.92 Å². The van der Waals surface area contributed by atoms with E-state index in [9.17, 15) is 28.0 Å². The average molecular weight is 437 g/mol. The summed E-state index contributed by atoms with van der Waals surface area (Å²) < 4.78 is 44.3. The summed E-state index contributed by atoms with van der Waals surface area (Å²) in [5.41, 5.74) is -0.225. The van der Waals surface area contributed by atoms with E-state index in [1.165, 1.54) is 26.0 Å². The van der Waals surface area contributed by atoms with E-state index >= 15 is 0 Å². The Morgan fingerprint density at radius 1 is 1.22 bits per heavy atom. The first-order valence-electron chi connectivity index (χ1n) is 7.33. The minimum absolute atomic E-state index is 0. The van der Waals surface area contributed by atoms with Crippen LogP contribution in [-0.2, 0) is 14.6 Å². The first kappa shape index (κ1) is 23.2. The highest BCUT2D eigenvalue weighted by Gasteiger charge is 2.33. The molecule has 0 aliphatic heterocycles. The Labute approximate surface area is 160 Å². The number of quaternary nitrogens is 1. The molecule has 1 heterocycles. The molecule has 1 aromatic heterocycles. The molecule has 0 saturated heterocycles. The van der Waals surface area contributed by atoms with E-state index in [0.717, 1.165) is 35.6 Å². The molecule has 150 valence electrons. The minimum atomic E-state index is -4.72. The Bertz CT molecular complexity index is 915. The van der Waals surface area contributed by atoms with Crippen molar-refractivity contribution in [3.8, 4) is 5.75 Å². The molecule has 2 atom stereocenters. The molecule has 10 nitrogen and oxygen atoms in total. The van der Waals surface area contributed by atoms with Gasteiger partial charge in [0.2, 0.25) is 7.60 Å². The molecule has 0 radical (unpaired) electrons. The zero-order chi connectivity index (χ0) is 19.5. The number of nitro groups is 1. The van der Waals surface area contributed by atoms with Gasteiger partial charge in [0.05, 0.1) is 10.7 Å². The standard InChI is InChI=1S/C14H17N2O7PS2.H3N/c1-10(2)14(15-26(21,22)13-4-3-9-25-13)24(19,20)23-12-7-5-11(6-8-12)16(17)18;/h3-10,14-15H,1-2H3,(H,19,20);1H3. The van der Waals surface area contributed by atoms with E-state index in [-0.39, 0.29) is 21.8 Å². The monoisotopic (exact) mass is 437 g/mol. The summed E-state index contributed by atoms with van der Waals surface area (Å²) in [6.07, 6.45) is 0. The van der Waals surface area contributed by atoms with Crippen LogP contribution in [0, 0.1) is 16.0 Å². The Balaban J connectivity index is 0.00000364. The predicted octanol–water partition coefficient (Wildman–Crippen LogP) is 2.93. The number of hydrogen-bond donors (Lipinski definition) is 2. The van der Waals surface area contributed by atoms with Crippen molar-refractivity contribution in [3.05, 3.63) is 51.9 Å². The molecule has 2 aromatic rings. The molecule has 2 unspecified atom stereocenters. The van der Waals surface area contributed by atoms with Gasteiger partial charge in [0, 0.05) is 12.1 Å². The van der Waals surface area contributed by atoms with E-state index in [1.807, 2.05) is 0 Å². The molecule has 1 aromatic carbocycles. The summed E-state index contributed by atoms with van der Waals surface area (Å²) in [6.45, 7) is 3.07. The van der Waals surface area contributed by atoms with Crippen molar-refractivity contribution < 1.29 is 27.3 Å². The second-order valence-electron chi connectivity index (χ2n) is 5.62. The van der Waals surface area contributed by atoms with Gasteiger partial charge in [-0.3, -0.25) is 14.7 Å². The lowest BCUT2D eigenvalue weighted by molar-refractivity contribution is -0.384. The number of non-ortho nitro benzene ring substituents is 1. The van der Waals surface area contributed by atoms with Crippen molar-refractivity contribution in [1.82, 2.24) is 10.9 Å². The number of rotatable bonds is 8. The van der Waals surface area contributed by atoms with Crippen LogP contribution in [0.5, 0.6) is 5.75 Å². The fourth-order valence-electron chi connectivity index (χ4n) is 2.03. The van der Waals surface area contributed by atoms with Crippen LogP contribution in [0.3, 0.4) is 0 Å². The first-order chi connectivity index (χ1) is 12.0. The first-order valence-corrected chi connectivity index (χ1v) is 11.3. The van der Waals surface area contributed by atoms with Crippen molar-refractivity contribution in [2.45, 2.75) is 23.8 Å². The van der Waals surface area contributed by atoms with Crippen molar-refractivity contribution in [1.29, 1.82) is 0 Å². The van der Waals surface area contributed by atoms with E-state index in [1.54, 1.807) is 5.38 Å². The summed E-state index contributed by atoms with van der Waals surface area (Å²) >= 11 is 0.956. The largest absolute Gasteiger partial charge is 0.768 e. The van der Waals surface area contributed by atoms with Crippen LogP contribution in [0.25, 0.3) is 0 Å². The Hall–Kier alpha value is -1.82. The number of nitro benzene ring substituents is 1. The van der Waals surface area contributed by atoms with Gasteiger partial charge in [0.1, 0.15) is 9.96 Å². The minimum Gasteiger partial charge on any atom is -0.768 e. The molecule has 13 heteroatoms. The maximum Gasteiger partial charge on any atom is 0.269 e. The Kier molecular flexibility index (Phi) is 7.66. The Morgan fingerprint density at radius 3 is 2.26 bits per heavy atom. The predicted molar refractivity (Wildman–Crippen MR) is 101 cm³/mol. The smallest absolute Gasteiger partial charge is 0.269 e. The molecule has 0 amide bonds. The zero-order valence-corrected chi connectivity index (χ0v) is 17.3. The van der Waals surface area contributed by atoms with Crippen LogP contribution in [0.2, 0.25) is 0 Å². The van der Waals surface area contributed by atoms with Crippen LogP contribution < -0.4 is 20.3 Å². The van der Waals surface area contributed by atoms with Gasteiger partial charge in [0.15, 0.2) is 0 Å². The summed E-state index contributed by atoms with van der Waals surface area (Å²) in [5, 5.41) is 12.2. The lowest BCUT2D eigenvalue weighted by atomic mass is 10.2. The zero-order valence-electron chi connectivity index (χ0n) is 14.8. The number of nitrogens with one attached hydrogen (secondary N) is 1. The van der Waals surface area contributed by atoms with Gasteiger partial charge in [-0.15, -0.1) is 11.3 Å². The van der Waals surface area contributed by atoms with Crippen LogP contribution in [0.1, 0.15) is 13.8 Å². The summed E-state index contributed by atoms with van der Waals surface area (Å²) in [5.74, 6) is -2.27. The van der Waals surface area contributed by atoms with Crippen molar-refractivity contribution in [2.75, 3.05) is 0 Å². The highest BCUT2D eigenvalue weighted by Crippen LogP contribution is 2.46. The summed E-state index contributed by atoms with van der Waals surface area (Å²) in [4.78, 5) is 22.6. The number of hydrogen-bond acceptors (Lipinski definition) is 8. The SMILES string of the molecule is CC(C)C(NS(=O)(=O)c1cccs1)P(=O)([O-])Oc1ccc([N+](=O)[O-])cc1.[NH4+]. The lowest BCUT2D eigenvalue weighted by Crippen LogP contribution is -2.42. The number of benzene rings is 1. The number of sulfonamides is 1. The second-order valence-corrected chi connectivity index (χ2v) is 10.3. The molecule has 27 heavy (non-hydrogen) atoms. The van der Waals surface area contributed by atoms with Gasteiger partial charge in [-0.1, -0.05) is 19.9 Å². The molecule has 0 bridgehead atoms. The fraction of sp³-hybridized carbons (Fsp3) is 0.286. The third kappa shape index (κ3) is 5.83. The van der Waals surface area contributed by atoms with Gasteiger partial charge in [-0.25, -0.2) is 8.42 Å². The van der Waals surface area contributed by atoms with E-state index in [2.05, 4.69) is 4.72 Å². The van der Waals surface area contributed by atoms with Crippen LogP contribution in [-0.4, -0.2) is 19.1 Å². The molecular formula is C14H20N3O7PS2. The molecule has 2 rings (SSSR count). The third-order valence-electron chi connectivity index (χ3n) is 3.29. The van der Waals surface area contributed by atoms with Gasteiger partial charge < -0.3 is 15.6 Å². The molecule has 0 fully saturated rings. The van der Waals surface area contributed by atoms with Gasteiger partial charge >= 0.3 is 0 Å². The van der Waals surface area contributed by atoms with E-state index in [0.29, 0.717) is 0 Å². The summed E-state index contributed by atoms with van der Waals surface area (Å²) in [6, 6.07) is 7.35. The average Bonchev–Trinajstić information content (AvgIpc) is 3.08. The highest BCUT2D eigenvalue weighted by atomic mass is 32.2. The van der Waals surface area contributed by atoms with E-state index < -0.39 is 34.2 Å². The third-order valence-corrected chi connectivity index (χ3v) is 8.17. The molecule has 0 spiro atoms. The second kappa shape index (κ2) is 8.91. The molecule has 0 aliphatic carbocycles. The van der Waals surface area contributed by atoms with Gasteiger partial charge in [-0.2, -0.15) is 4.72 Å². The molecule has 5 N–H and O–H groups in total. The van der Waals surface area contributed by atoms with Crippen LogP contribution in [0.4, 0.5) is 5.69 Å². The number of nitrogens with zero attached hydrogens (tertiary/aromatic N) is 1. The topological polar surface area (TPSA) is 175 Å².